The molecule has 0 fully saturated rings. The Bertz CT molecular complexity index is 942. The van der Waals surface area contributed by atoms with E-state index in [2.05, 4.69) is 5.32 Å². The summed E-state index contributed by atoms with van der Waals surface area (Å²) >= 11 is 0. The third kappa shape index (κ3) is 12.4. The van der Waals surface area contributed by atoms with Crippen LogP contribution in [0.5, 0.6) is 5.75 Å². The normalized spacial score (nSPS) is 14.0. The molecule has 0 spiro atoms. The smallest absolute Gasteiger partial charge is 0.443 e. The minimum absolute atomic E-state index is 0.227. The highest BCUT2D eigenvalue weighted by Crippen LogP contribution is 2.41. The van der Waals surface area contributed by atoms with Crippen LogP contribution in [0.3, 0.4) is 0 Å². The molecule has 0 aromatic heterocycles. The first-order valence-corrected chi connectivity index (χ1v) is 14.4. The van der Waals surface area contributed by atoms with E-state index >= 15 is 0 Å². The molecular formula is C21H36NO8PS. The average molecular weight is 494 g/mol. The van der Waals surface area contributed by atoms with Crippen LogP contribution in [-0.4, -0.2) is 51.8 Å². The monoisotopic (exact) mass is 493 g/mol. The van der Waals surface area contributed by atoms with Crippen LogP contribution in [-0.2, 0) is 34.9 Å². The molecule has 32 heavy (non-hydrogen) atoms. The summed E-state index contributed by atoms with van der Waals surface area (Å²) in [5.74, 6) is 0.227. The Morgan fingerprint density at radius 3 is 2.19 bits per heavy atom. The minimum atomic E-state index is -3.73. The van der Waals surface area contributed by atoms with Gasteiger partial charge in [-0.1, -0.05) is 6.07 Å². The van der Waals surface area contributed by atoms with Gasteiger partial charge in [0.15, 0.2) is 0 Å². The van der Waals surface area contributed by atoms with E-state index in [1.165, 1.54) is 13.3 Å². The van der Waals surface area contributed by atoms with Gasteiger partial charge in [0, 0.05) is 31.0 Å². The second-order valence-electron chi connectivity index (χ2n) is 9.88. The minimum Gasteiger partial charge on any atom is -0.443 e. The van der Waals surface area contributed by atoms with Crippen molar-refractivity contribution in [3.8, 4) is 5.75 Å². The number of ether oxygens (including phenoxy) is 2. The molecule has 0 saturated carbocycles. The lowest BCUT2D eigenvalue weighted by Crippen LogP contribution is -2.39. The van der Waals surface area contributed by atoms with E-state index < -0.39 is 35.3 Å². The Morgan fingerprint density at radius 1 is 1.12 bits per heavy atom. The van der Waals surface area contributed by atoms with Gasteiger partial charge in [0.05, 0.1) is 12.9 Å². The molecule has 1 atom stereocenters. The molecule has 9 nitrogen and oxygen atoms in total. The summed E-state index contributed by atoms with van der Waals surface area (Å²) in [6, 6.07) is 4.82. The van der Waals surface area contributed by atoms with Crippen LogP contribution in [0.25, 0.3) is 0 Å². The van der Waals surface area contributed by atoms with Gasteiger partial charge in [-0.05, 0) is 59.2 Å². The highest BCUT2D eigenvalue weighted by Gasteiger charge is 2.25. The molecule has 11 heteroatoms. The molecule has 0 radical (unpaired) electrons. The molecule has 1 aromatic carbocycles. The molecule has 1 unspecified atom stereocenters. The lowest BCUT2D eigenvalue weighted by molar-refractivity contribution is -0.0282. The maximum atomic E-state index is 12.3. The fourth-order valence-electron chi connectivity index (χ4n) is 2.43. The molecule has 1 N–H and O–H groups in total. The second-order valence-corrected chi connectivity index (χ2v) is 14.2. The third-order valence-electron chi connectivity index (χ3n) is 3.65. The van der Waals surface area contributed by atoms with Crippen molar-refractivity contribution in [3.05, 3.63) is 29.3 Å². The molecule has 1 aromatic rings. The van der Waals surface area contributed by atoms with Crippen molar-refractivity contribution in [2.45, 2.75) is 65.4 Å². The summed E-state index contributed by atoms with van der Waals surface area (Å²) in [4.78, 5) is 12.3. The van der Waals surface area contributed by atoms with Crippen LogP contribution < -0.4 is 9.84 Å². The van der Waals surface area contributed by atoms with Crippen LogP contribution >= 0.6 is 7.37 Å². The predicted molar refractivity (Wildman–Crippen MR) is 124 cm³/mol. The molecule has 0 aliphatic heterocycles. The Kier molecular flexibility index (Phi) is 9.37. The lowest BCUT2D eigenvalue weighted by Gasteiger charge is -2.27. The Morgan fingerprint density at radius 2 is 1.72 bits per heavy atom. The Hall–Kier alpha value is -1.61. The number of carbonyl (C=O) groups is 1. The van der Waals surface area contributed by atoms with Gasteiger partial charge in [-0.15, -0.1) is 0 Å². The first-order chi connectivity index (χ1) is 14.2. The maximum Gasteiger partial charge on any atom is 0.509 e. The zero-order chi connectivity index (χ0) is 25.0. The molecule has 0 saturated heterocycles. The number of benzene rings is 1. The maximum absolute atomic E-state index is 12.3. The van der Waals surface area contributed by atoms with Crippen LogP contribution in [0.4, 0.5) is 4.79 Å². The predicted octanol–water partition coefficient (Wildman–Crippen LogP) is 4.46. The number of nitrogens with one attached hydrogen (secondary N) is 1. The first-order valence-electron chi connectivity index (χ1n) is 10.1. The first kappa shape index (κ1) is 28.4. The van der Waals surface area contributed by atoms with Crippen molar-refractivity contribution in [3.63, 3.8) is 0 Å². The van der Waals surface area contributed by atoms with E-state index in [-0.39, 0.29) is 24.4 Å². The van der Waals surface area contributed by atoms with Crippen LogP contribution in [0.15, 0.2) is 18.2 Å². The van der Waals surface area contributed by atoms with E-state index in [1.807, 2.05) is 20.8 Å². The summed E-state index contributed by atoms with van der Waals surface area (Å²) < 4.78 is 56.5. The van der Waals surface area contributed by atoms with Gasteiger partial charge in [-0.3, -0.25) is 8.75 Å². The van der Waals surface area contributed by atoms with Gasteiger partial charge < -0.3 is 19.3 Å². The van der Waals surface area contributed by atoms with Gasteiger partial charge in [0.2, 0.25) is 7.37 Å². The van der Waals surface area contributed by atoms with E-state index in [0.29, 0.717) is 11.1 Å². The molecule has 0 aliphatic rings. The standard InChI is InChI=1S/C21H36NO8PS/c1-20(2,3)22-13-18(28-19(23)29-21(4,5)6)15-10-11-17(30-31(7,8)24)16(12-15)14-27-32(9,25)26/h10-12,18,22H,13-14H2,1-9H3. The van der Waals surface area contributed by atoms with Crippen molar-refractivity contribution in [2.24, 2.45) is 0 Å². The van der Waals surface area contributed by atoms with Crippen molar-refractivity contribution >= 4 is 23.6 Å². The summed E-state index contributed by atoms with van der Waals surface area (Å²) in [6.45, 7) is 14.0. The van der Waals surface area contributed by atoms with Crippen molar-refractivity contribution in [1.29, 1.82) is 0 Å². The van der Waals surface area contributed by atoms with E-state index in [9.17, 15) is 17.8 Å². The van der Waals surface area contributed by atoms with Crippen LogP contribution in [0.2, 0.25) is 0 Å². The van der Waals surface area contributed by atoms with Gasteiger partial charge >= 0.3 is 6.16 Å². The van der Waals surface area contributed by atoms with Crippen LogP contribution in [0, 0.1) is 0 Å². The fraction of sp³-hybridized carbons (Fsp3) is 0.667. The highest BCUT2D eigenvalue weighted by molar-refractivity contribution is 7.85. The summed E-state index contributed by atoms with van der Waals surface area (Å²) in [6.07, 6.45) is -0.645. The second kappa shape index (κ2) is 10.5. The molecule has 0 amide bonds. The van der Waals surface area contributed by atoms with Gasteiger partial charge in [-0.25, -0.2) is 4.79 Å². The number of carbonyl (C=O) groups excluding carboxylic acids is 1. The summed E-state index contributed by atoms with van der Waals surface area (Å²) in [5.41, 5.74) is -0.0634. The molecular weight excluding hydrogens is 457 g/mol. The van der Waals surface area contributed by atoms with Crippen LogP contribution in [0.1, 0.15) is 58.8 Å². The number of hydrogen-bond donors (Lipinski definition) is 1. The SMILES string of the molecule is CC(C)(C)NCC(OC(=O)OC(C)(C)C)c1ccc(OP(C)(C)=O)c(COS(C)(=O)=O)c1. The summed E-state index contributed by atoms with van der Waals surface area (Å²) in [7, 11) is -6.65. The number of rotatable bonds is 9. The molecule has 0 heterocycles. The number of hydrogen-bond acceptors (Lipinski definition) is 9. The zero-order valence-corrected chi connectivity index (χ0v) is 22.1. The van der Waals surface area contributed by atoms with Crippen molar-refractivity contribution in [1.82, 2.24) is 5.32 Å². The average Bonchev–Trinajstić information content (AvgIpc) is 2.53. The fourth-order valence-corrected chi connectivity index (χ4v) is 3.42. The largest absolute Gasteiger partial charge is 0.509 e. The highest BCUT2D eigenvalue weighted by atomic mass is 32.2. The molecule has 0 bridgehead atoms. The molecule has 184 valence electrons. The lowest BCUT2D eigenvalue weighted by atomic mass is 10.0. The van der Waals surface area contributed by atoms with E-state index in [4.69, 9.17) is 18.2 Å². The quantitative estimate of drug-likeness (QED) is 0.302. The molecule has 1 rings (SSSR count). The zero-order valence-electron chi connectivity index (χ0n) is 20.3. The van der Waals surface area contributed by atoms with E-state index in [1.54, 1.807) is 39.0 Å². The van der Waals surface area contributed by atoms with Gasteiger partial charge in [0.1, 0.15) is 17.5 Å². The summed E-state index contributed by atoms with van der Waals surface area (Å²) in [5, 5.41) is 3.28. The van der Waals surface area contributed by atoms with Crippen molar-refractivity contribution in [2.75, 3.05) is 26.1 Å². The third-order valence-corrected chi connectivity index (χ3v) is 4.83. The topological polar surface area (TPSA) is 117 Å². The van der Waals surface area contributed by atoms with Gasteiger partial charge in [0.25, 0.3) is 10.1 Å². The Balaban J connectivity index is 3.32. The Labute approximate surface area is 191 Å². The van der Waals surface area contributed by atoms with Gasteiger partial charge in [-0.2, -0.15) is 8.42 Å². The molecule has 0 aliphatic carbocycles. The van der Waals surface area contributed by atoms with E-state index in [0.717, 1.165) is 6.26 Å². The van der Waals surface area contributed by atoms with Crippen molar-refractivity contribution < 1.29 is 36.0 Å².